The topological polar surface area (TPSA) is 58.1 Å². The van der Waals surface area contributed by atoms with Gasteiger partial charge < -0.3 is 10.2 Å². The lowest BCUT2D eigenvalue weighted by Gasteiger charge is -2.17. The molecule has 0 aliphatic heterocycles. The molecule has 0 spiro atoms. The highest BCUT2D eigenvalue weighted by Crippen LogP contribution is 2.23. The predicted octanol–water partition coefficient (Wildman–Crippen LogP) is 4.24. The molecule has 1 N–H and O–H groups in total. The number of benzene rings is 1. The summed E-state index contributed by atoms with van der Waals surface area (Å²) < 4.78 is 0. The van der Waals surface area contributed by atoms with Crippen LogP contribution in [0.3, 0.4) is 0 Å². The number of urea groups is 1. The summed E-state index contributed by atoms with van der Waals surface area (Å²) in [4.78, 5) is 23.4. The summed E-state index contributed by atoms with van der Waals surface area (Å²) in [6.07, 6.45) is 3.60. The number of thiazole rings is 2. The van der Waals surface area contributed by atoms with Crippen molar-refractivity contribution in [3.8, 4) is 10.6 Å². The van der Waals surface area contributed by atoms with Crippen molar-refractivity contribution < 1.29 is 4.79 Å². The van der Waals surface area contributed by atoms with Crippen molar-refractivity contribution in [3.63, 3.8) is 0 Å². The zero-order valence-electron chi connectivity index (χ0n) is 12.8. The van der Waals surface area contributed by atoms with E-state index in [9.17, 15) is 4.79 Å². The first-order valence-electron chi connectivity index (χ1n) is 7.05. The molecule has 0 aliphatic rings. The molecule has 5 nitrogen and oxygen atoms in total. The number of aromatic nitrogens is 2. The van der Waals surface area contributed by atoms with Gasteiger partial charge in [0, 0.05) is 40.9 Å². The van der Waals surface area contributed by atoms with E-state index in [-0.39, 0.29) is 6.03 Å². The second kappa shape index (κ2) is 6.89. The van der Waals surface area contributed by atoms with E-state index in [1.807, 2.05) is 42.8 Å². The highest BCUT2D eigenvalue weighted by atomic mass is 32.1. The lowest BCUT2D eigenvalue weighted by atomic mass is 10.2. The number of amides is 2. The molecular weight excluding hydrogens is 328 g/mol. The maximum atomic E-state index is 12.2. The van der Waals surface area contributed by atoms with E-state index < -0.39 is 0 Å². The van der Waals surface area contributed by atoms with Crippen LogP contribution in [0, 0.1) is 6.92 Å². The van der Waals surface area contributed by atoms with Crippen LogP contribution in [0.5, 0.6) is 0 Å². The molecule has 2 aromatic heterocycles. The molecule has 2 amide bonds. The lowest BCUT2D eigenvalue weighted by molar-refractivity contribution is 0.221. The third kappa shape index (κ3) is 3.94. The molecule has 1 aromatic carbocycles. The van der Waals surface area contributed by atoms with Gasteiger partial charge in [0.05, 0.1) is 11.6 Å². The smallest absolute Gasteiger partial charge is 0.321 e. The van der Waals surface area contributed by atoms with Crippen LogP contribution in [-0.2, 0) is 6.54 Å². The molecule has 3 rings (SSSR count). The fourth-order valence-electron chi connectivity index (χ4n) is 2.07. The summed E-state index contributed by atoms with van der Waals surface area (Å²) in [7, 11) is 1.77. The van der Waals surface area contributed by atoms with Crippen molar-refractivity contribution in [2.75, 3.05) is 12.4 Å². The normalized spacial score (nSPS) is 10.5. The van der Waals surface area contributed by atoms with E-state index >= 15 is 0 Å². The molecule has 0 bridgehead atoms. The van der Waals surface area contributed by atoms with E-state index in [2.05, 4.69) is 15.3 Å². The van der Waals surface area contributed by atoms with Crippen LogP contribution >= 0.6 is 22.7 Å². The van der Waals surface area contributed by atoms with Gasteiger partial charge >= 0.3 is 6.03 Å². The SMILES string of the molecule is Cc1ncc(CN(C)C(=O)Nc2ccc(-c3nccs3)cc2)s1. The zero-order chi connectivity index (χ0) is 16.2. The van der Waals surface area contributed by atoms with E-state index in [4.69, 9.17) is 0 Å². The molecular formula is C16H16N4OS2. The number of nitrogens with zero attached hydrogens (tertiary/aromatic N) is 3. The number of rotatable bonds is 4. The third-order valence-electron chi connectivity index (χ3n) is 3.22. The van der Waals surface area contributed by atoms with Gasteiger partial charge in [-0.3, -0.25) is 0 Å². The molecule has 23 heavy (non-hydrogen) atoms. The average molecular weight is 344 g/mol. The van der Waals surface area contributed by atoms with Gasteiger partial charge in [0.2, 0.25) is 0 Å². The van der Waals surface area contributed by atoms with E-state index in [1.165, 1.54) is 0 Å². The molecule has 7 heteroatoms. The molecule has 0 radical (unpaired) electrons. The number of hydrogen-bond donors (Lipinski definition) is 1. The lowest BCUT2D eigenvalue weighted by Crippen LogP contribution is -2.30. The largest absolute Gasteiger partial charge is 0.322 e. The van der Waals surface area contributed by atoms with E-state index in [0.717, 1.165) is 26.1 Å². The quantitative estimate of drug-likeness (QED) is 0.770. The molecule has 0 fully saturated rings. The van der Waals surface area contributed by atoms with Crippen LogP contribution in [0.25, 0.3) is 10.6 Å². The van der Waals surface area contributed by atoms with Crippen molar-refractivity contribution in [2.45, 2.75) is 13.5 Å². The second-order valence-corrected chi connectivity index (χ2v) is 7.26. The number of nitrogens with one attached hydrogen (secondary N) is 1. The van der Waals surface area contributed by atoms with Crippen molar-refractivity contribution in [1.29, 1.82) is 0 Å². The highest BCUT2D eigenvalue weighted by molar-refractivity contribution is 7.13. The first kappa shape index (κ1) is 15.6. The fourth-order valence-corrected chi connectivity index (χ4v) is 3.56. The Hall–Kier alpha value is -2.25. The Bertz CT molecular complexity index is 781. The minimum Gasteiger partial charge on any atom is -0.322 e. The number of hydrogen-bond acceptors (Lipinski definition) is 5. The minimum atomic E-state index is -0.141. The summed E-state index contributed by atoms with van der Waals surface area (Å²) in [5, 5.41) is 6.82. The maximum Gasteiger partial charge on any atom is 0.321 e. The molecule has 0 atom stereocenters. The average Bonchev–Trinajstić information content (AvgIpc) is 3.20. The maximum absolute atomic E-state index is 12.2. The summed E-state index contributed by atoms with van der Waals surface area (Å²) in [6, 6.07) is 7.55. The summed E-state index contributed by atoms with van der Waals surface area (Å²) >= 11 is 3.19. The molecule has 0 saturated carbocycles. The van der Waals surface area contributed by atoms with Crippen LogP contribution in [0.15, 0.2) is 42.0 Å². The summed E-state index contributed by atoms with van der Waals surface area (Å²) in [5.41, 5.74) is 1.81. The number of carbonyl (C=O) groups is 1. The number of aryl methyl sites for hydroxylation is 1. The highest BCUT2D eigenvalue weighted by Gasteiger charge is 2.11. The van der Waals surface area contributed by atoms with Gasteiger partial charge in [0.25, 0.3) is 0 Å². The summed E-state index contributed by atoms with van der Waals surface area (Å²) in [5.74, 6) is 0. The standard InChI is InChI=1S/C16H16N4OS2/c1-11-18-9-14(23-11)10-20(2)16(21)19-13-5-3-12(4-6-13)15-17-7-8-22-15/h3-9H,10H2,1-2H3,(H,19,21). The van der Waals surface area contributed by atoms with Crippen LogP contribution in [0.4, 0.5) is 10.5 Å². The Morgan fingerprint density at radius 3 is 2.65 bits per heavy atom. The first-order chi connectivity index (χ1) is 11.1. The van der Waals surface area contributed by atoms with Crippen LogP contribution in [0.2, 0.25) is 0 Å². The second-order valence-electron chi connectivity index (χ2n) is 5.05. The minimum absolute atomic E-state index is 0.141. The first-order valence-corrected chi connectivity index (χ1v) is 8.75. The van der Waals surface area contributed by atoms with Crippen molar-refractivity contribution >= 4 is 34.4 Å². The Labute approximate surface area is 142 Å². The van der Waals surface area contributed by atoms with E-state index in [0.29, 0.717) is 6.54 Å². The van der Waals surface area contributed by atoms with Gasteiger partial charge in [-0.15, -0.1) is 22.7 Å². The zero-order valence-corrected chi connectivity index (χ0v) is 14.4. The van der Waals surface area contributed by atoms with Gasteiger partial charge in [-0.1, -0.05) is 0 Å². The number of carbonyl (C=O) groups excluding carboxylic acids is 1. The monoisotopic (exact) mass is 344 g/mol. The fraction of sp³-hybridized carbons (Fsp3) is 0.188. The molecule has 0 unspecified atom stereocenters. The number of anilines is 1. The van der Waals surface area contributed by atoms with Gasteiger partial charge in [0.15, 0.2) is 0 Å². The van der Waals surface area contributed by atoms with Crippen LogP contribution in [0.1, 0.15) is 9.88 Å². The Kier molecular flexibility index (Phi) is 4.68. The van der Waals surface area contributed by atoms with Crippen LogP contribution in [-0.4, -0.2) is 27.9 Å². The molecule has 2 heterocycles. The van der Waals surface area contributed by atoms with Gasteiger partial charge in [-0.2, -0.15) is 0 Å². The molecule has 118 valence electrons. The van der Waals surface area contributed by atoms with Crippen molar-refractivity contribution in [1.82, 2.24) is 14.9 Å². The van der Waals surface area contributed by atoms with Gasteiger partial charge in [-0.05, 0) is 31.2 Å². The third-order valence-corrected chi connectivity index (χ3v) is 4.94. The van der Waals surface area contributed by atoms with E-state index in [1.54, 1.807) is 40.8 Å². The predicted molar refractivity (Wildman–Crippen MR) is 94.9 cm³/mol. The van der Waals surface area contributed by atoms with Crippen molar-refractivity contribution in [2.24, 2.45) is 0 Å². The van der Waals surface area contributed by atoms with Gasteiger partial charge in [-0.25, -0.2) is 14.8 Å². The molecule has 0 aliphatic carbocycles. The Morgan fingerprint density at radius 2 is 2.04 bits per heavy atom. The summed E-state index contributed by atoms with van der Waals surface area (Å²) in [6.45, 7) is 2.51. The molecule has 0 saturated heterocycles. The van der Waals surface area contributed by atoms with Crippen LogP contribution < -0.4 is 5.32 Å². The Morgan fingerprint density at radius 1 is 1.26 bits per heavy atom. The molecule has 3 aromatic rings. The van der Waals surface area contributed by atoms with Crippen molar-refractivity contribution in [3.05, 3.63) is 51.9 Å². The Balaban J connectivity index is 1.61. The van der Waals surface area contributed by atoms with Gasteiger partial charge in [0.1, 0.15) is 5.01 Å².